The Hall–Kier alpha value is -8.20. The van der Waals surface area contributed by atoms with Crippen LogP contribution in [0.3, 0.4) is 0 Å². The van der Waals surface area contributed by atoms with Crippen LogP contribution in [0.2, 0.25) is 0 Å². The Morgan fingerprint density at radius 2 is 0.800 bits per heavy atom. The Kier molecular flexibility index (Phi) is 9.21. The maximum absolute atomic E-state index is 2.47. The van der Waals surface area contributed by atoms with E-state index in [1.807, 2.05) is 0 Å². The highest BCUT2D eigenvalue weighted by Crippen LogP contribution is 2.52. The molecule has 0 saturated carbocycles. The summed E-state index contributed by atoms with van der Waals surface area (Å²) < 4.78 is 2.39. The summed E-state index contributed by atoms with van der Waals surface area (Å²) in [7, 11) is 0. The van der Waals surface area contributed by atoms with Gasteiger partial charge >= 0.3 is 0 Å². The van der Waals surface area contributed by atoms with Gasteiger partial charge in [-0.15, -0.1) is 0 Å². The van der Waals surface area contributed by atoms with Crippen LogP contribution in [-0.4, -0.2) is 4.57 Å². The highest BCUT2D eigenvalue weighted by Gasteiger charge is 2.25. The van der Waals surface area contributed by atoms with Crippen LogP contribution in [0.5, 0.6) is 0 Å². The SMILES string of the molecule is Cc1ccc2c(-c3cccc(-c4ccccc4)c3)c3ccccc3c(-c3c4ccccc4c(N(c4ccccc4)c4ccc(-n5c(C)c(C)c6ccccc65)cc4)c4ccccc34)c2c1. The van der Waals surface area contributed by atoms with Gasteiger partial charge < -0.3 is 9.47 Å². The second-order valence-corrected chi connectivity index (χ2v) is 17.4. The highest BCUT2D eigenvalue weighted by atomic mass is 15.1. The van der Waals surface area contributed by atoms with Gasteiger partial charge in [0.25, 0.3) is 0 Å². The fraction of sp³-hybridized carbons (Fsp3) is 0.0476. The lowest BCUT2D eigenvalue weighted by molar-refractivity contribution is 1.04. The quantitative estimate of drug-likeness (QED) is 0.145. The van der Waals surface area contributed by atoms with Crippen molar-refractivity contribution in [1.29, 1.82) is 0 Å². The second kappa shape index (κ2) is 15.6. The number of anilines is 3. The van der Waals surface area contributed by atoms with Crippen LogP contribution < -0.4 is 4.90 Å². The largest absolute Gasteiger partial charge is 0.314 e. The summed E-state index contributed by atoms with van der Waals surface area (Å²) in [6, 6.07) is 82.7. The van der Waals surface area contributed by atoms with Crippen molar-refractivity contribution in [2.24, 2.45) is 0 Å². The van der Waals surface area contributed by atoms with Crippen molar-refractivity contribution in [3.8, 4) is 39.1 Å². The van der Waals surface area contributed by atoms with E-state index in [9.17, 15) is 0 Å². The van der Waals surface area contributed by atoms with Gasteiger partial charge in [-0.25, -0.2) is 0 Å². The molecule has 65 heavy (non-hydrogen) atoms. The highest BCUT2D eigenvalue weighted by molar-refractivity contribution is 6.30. The molecule has 12 aromatic rings. The molecule has 0 bridgehead atoms. The second-order valence-electron chi connectivity index (χ2n) is 17.4. The molecule has 0 radical (unpaired) electrons. The molecular formula is C63H46N2. The number of hydrogen-bond acceptors (Lipinski definition) is 1. The topological polar surface area (TPSA) is 8.17 Å². The Morgan fingerprint density at radius 1 is 0.323 bits per heavy atom. The van der Waals surface area contributed by atoms with Crippen LogP contribution in [0, 0.1) is 20.8 Å². The standard InChI is InChI=1S/C63H46N2/c1-41-33-38-55-58(39-41)62(52-27-11-10-26-51(52)60(55)46-22-18-21-45(40-46)44-19-6-4-7-20-44)61-53-28-12-14-30-56(53)63(57-31-15-13-29-54(57)61)65(47-23-8-5-9-24-47)49-36-34-48(35-37-49)64-43(3)42(2)50-25-16-17-32-59(50)64/h4-40H,1-3H3. The lowest BCUT2D eigenvalue weighted by Crippen LogP contribution is -2.12. The van der Waals surface area contributed by atoms with Crippen LogP contribution in [0.15, 0.2) is 224 Å². The first-order valence-corrected chi connectivity index (χ1v) is 22.6. The molecule has 2 nitrogen and oxygen atoms in total. The fourth-order valence-electron chi connectivity index (χ4n) is 10.6. The molecule has 1 heterocycles. The minimum Gasteiger partial charge on any atom is -0.314 e. The summed E-state index contributed by atoms with van der Waals surface area (Å²) in [6.07, 6.45) is 0. The predicted molar refractivity (Wildman–Crippen MR) is 279 cm³/mol. The van der Waals surface area contributed by atoms with Crippen LogP contribution in [0.25, 0.3) is 93.1 Å². The van der Waals surface area contributed by atoms with E-state index in [0.717, 1.165) is 22.7 Å². The van der Waals surface area contributed by atoms with Crippen molar-refractivity contribution < 1.29 is 0 Å². The zero-order valence-corrected chi connectivity index (χ0v) is 36.8. The molecule has 308 valence electrons. The fourth-order valence-corrected chi connectivity index (χ4v) is 10.6. The summed E-state index contributed by atoms with van der Waals surface area (Å²) in [6.45, 7) is 6.67. The molecule has 0 unspecified atom stereocenters. The number of nitrogens with zero attached hydrogens (tertiary/aromatic N) is 2. The molecule has 0 saturated heterocycles. The van der Waals surface area contributed by atoms with Gasteiger partial charge in [0.1, 0.15) is 0 Å². The van der Waals surface area contributed by atoms with Crippen LogP contribution in [0.4, 0.5) is 17.1 Å². The summed E-state index contributed by atoms with van der Waals surface area (Å²) >= 11 is 0. The number of benzene rings is 11. The van der Waals surface area contributed by atoms with E-state index in [1.165, 1.54) is 104 Å². The third kappa shape index (κ3) is 6.25. The van der Waals surface area contributed by atoms with Crippen molar-refractivity contribution >= 4 is 71.1 Å². The van der Waals surface area contributed by atoms with Crippen molar-refractivity contribution in [2.45, 2.75) is 20.8 Å². The molecular weight excluding hydrogens is 785 g/mol. The molecule has 12 rings (SSSR count). The first kappa shape index (κ1) is 38.5. The van der Waals surface area contributed by atoms with E-state index in [4.69, 9.17) is 0 Å². The van der Waals surface area contributed by atoms with Crippen molar-refractivity contribution in [3.05, 3.63) is 241 Å². The van der Waals surface area contributed by atoms with Gasteiger partial charge in [0.05, 0.1) is 11.2 Å². The summed E-state index contributed by atoms with van der Waals surface area (Å²) in [4.78, 5) is 2.47. The van der Waals surface area contributed by atoms with E-state index < -0.39 is 0 Å². The molecule has 11 aromatic carbocycles. The maximum atomic E-state index is 2.47. The monoisotopic (exact) mass is 830 g/mol. The lowest BCUT2D eigenvalue weighted by atomic mass is 9.81. The van der Waals surface area contributed by atoms with E-state index in [1.54, 1.807) is 0 Å². The van der Waals surface area contributed by atoms with E-state index in [0.29, 0.717) is 0 Å². The van der Waals surface area contributed by atoms with E-state index in [-0.39, 0.29) is 0 Å². The summed E-state index contributed by atoms with van der Waals surface area (Å²) in [5, 5.41) is 11.1. The van der Waals surface area contributed by atoms with Gasteiger partial charge in [-0.3, -0.25) is 0 Å². The number of aromatic nitrogens is 1. The van der Waals surface area contributed by atoms with Gasteiger partial charge in [0, 0.05) is 38.9 Å². The number of fused-ring (bicyclic) bond motifs is 5. The van der Waals surface area contributed by atoms with Gasteiger partial charge in [0.2, 0.25) is 0 Å². The minimum atomic E-state index is 1.10. The van der Waals surface area contributed by atoms with Crippen molar-refractivity contribution in [3.63, 3.8) is 0 Å². The molecule has 0 spiro atoms. The molecule has 0 fully saturated rings. The van der Waals surface area contributed by atoms with Crippen LogP contribution in [0.1, 0.15) is 16.8 Å². The summed E-state index contributed by atoms with van der Waals surface area (Å²) in [5.74, 6) is 0. The first-order chi connectivity index (χ1) is 32.0. The van der Waals surface area contributed by atoms with Gasteiger partial charge in [0.15, 0.2) is 0 Å². The molecule has 2 heteroatoms. The van der Waals surface area contributed by atoms with Gasteiger partial charge in [-0.1, -0.05) is 181 Å². The molecule has 0 N–H and O–H groups in total. The normalized spacial score (nSPS) is 11.6. The predicted octanol–water partition coefficient (Wildman–Crippen LogP) is 17.6. The number of para-hydroxylation sites is 2. The number of aryl methyl sites for hydroxylation is 2. The Bertz CT molecular complexity index is 3730. The lowest BCUT2D eigenvalue weighted by Gasteiger charge is -2.30. The molecule has 0 amide bonds. The Balaban J connectivity index is 1.13. The third-order valence-electron chi connectivity index (χ3n) is 13.6. The molecule has 0 atom stereocenters. The van der Waals surface area contributed by atoms with Gasteiger partial charge in [-0.2, -0.15) is 0 Å². The minimum absolute atomic E-state index is 1.10. The zero-order chi connectivity index (χ0) is 43.6. The zero-order valence-electron chi connectivity index (χ0n) is 36.8. The molecule has 0 aliphatic carbocycles. The van der Waals surface area contributed by atoms with Crippen LogP contribution in [-0.2, 0) is 0 Å². The van der Waals surface area contributed by atoms with Gasteiger partial charge in [-0.05, 0) is 141 Å². The average Bonchev–Trinajstić information content (AvgIpc) is 3.62. The smallest absolute Gasteiger partial charge is 0.0618 e. The molecule has 0 aliphatic rings. The Morgan fingerprint density at radius 3 is 1.46 bits per heavy atom. The average molecular weight is 831 g/mol. The van der Waals surface area contributed by atoms with Crippen LogP contribution >= 0.6 is 0 Å². The first-order valence-electron chi connectivity index (χ1n) is 22.6. The van der Waals surface area contributed by atoms with Crippen molar-refractivity contribution in [2.75, 3.05) is 4.90 Å². The Labute approximate surface area is 379 Å². The van der Waals surface area contributed by atoms with Crippen molar-refractivity contribution in [1.82, 2.24) is 4.57 Å². The molecule has 1 aromatic heterocycles. The number of rotatable bonds is 7. The third-order valence-corrected chi connectivity index (χ3v) is 13.6. The number of hydrogen-bond donors (Lipinski definition) is 0. The molecule has 0 aliphatic heterocycles. The maximum Gasteiger partial charge on any atom is 0.0618 e. The van der Waals surface area contributed by atoms with E-state index >= 15 is 0 Å². The summed E-state index contributed by atoms with van der Waals surface area (Å²) in [5.41, 5.74) is 17.0. The van der Waals surface area contributed by atoms with E-state index in [2.05, 4.69) is 255 Å².